The fraction of sp³-hybridized carbons (Fsp3) is 0.233. The second-order valence-corrected chi connectivity index (χ2v) is 9.63. The summed E-state index contributed by atoms with van der Waals surface area (Å²) in [7, 11) is 0. The molecule has 0 saturated heterocycles. The number of anilines is 1. The van der Waals surface area contributed by atoms with Crippen molar-refractivity contribution in [2.75, 3.05) is 18.5 Å². The predicted molar refractivity (Wildman–Crippen MR) is 147 cm³/mol. The van der Waals surface area contributed by atoms with Crippen LogP contribution in [0.25, 0.3) is 0 Å². The second-order valence-electron chi connectivity index (χ2n) is 8.78. The van der Waals surface area contributed by atoms with Gasteiger partial charge >= 0.3 is 0 Å². The van der Waals surface area contributed by atoms with E-state index in [9.17, 15) is 0 Å². The van der Waals surface area contributed by atoms with Crippen LogP contribution >= 0.6 is 15.9 Å². The number of fused-ring (bicyclic) bond motifs is 3. The zero-order valence-corrected chi connectivity index (χ0v) is 21.4. The Balaban J connectivity index is 1.34. The molecule has 1 aliphatic carbocycles. The van der Waals surface area contributed by atoms with Crippen LogP contribution in [0.2, 0.25) is 0 Å². The first-order valence-electron chi connectivity index (χ1n) is 12.0. The van der Waals surface area contributed by atoms with Crippen LogP contribution in [0.3, 0.4) is 0 Å². The van der Waals surface area contributed by atoms with Gasteiger partial charge in [0, 0.05) is 17.8 Å². The lowest BCUT2D eigenvalue weighted by Gasteiger charge is -2.37. The fourth-order valence-corrected chi connectivity index (χ4v) is 5.57. The summed E-state index contributed by atoms with van der Waals surface area (Å²) in [6.45, 7) is 6.64. The molecule has 35 heavy (non-hydrogen) atoms. The molecule has 0 amide bonds. The quantitative estimate of drug-likeness (QED) is 0.238. The minimum Gasteiger partial charge on any atom is -0.490 e. The number of nitrogens with zero attached hydrogens (tertiary/aromatic N) is 1. The van der Waals surface area contributed by atoms with Crippen molar-refractivity contribution in [2.24, 2.45) is 10.9 Å². The fourth-order valence-electron chi connectivity index (χ4n) is 5.00. The summed E-state index contributed by atoms with van der Waals surface area (Å²) in [5, 5.41) is 3.79. The Kier molecular flexibility index (Phi) is 7.05. The lowest BCUT2D eigenvalue weighted by Crippen LogP contribution is -2.28. The van der Waals surface area contributed by atoms with Gasteiger partial charge in [-0.05, 0) is 82.2 Å². The molecule has 178 valence electrons. The van der Waals surface area contributed by atoms with Gasteiger partial charge in [-0.3, -0.25) is 4.99 Å². The third-order valence-corrected chi connectivity index (χ3v) is 7.15. The molecule has 0 saturated carbocycles. The van der Waals surface area contributed by atoms with Gasteiger partial charge in [0.25, 0.3) is 0 Å². The van der Waals surface area contributed by atoms with Gasteiger partial charge in [0.2, 0.25) is 0 Å². The monoisotopic (exact) mass is 528 g/mol. The average Bonchev–Trinajstić information content (AvgIpc) is 3.38. The predicted octanol–water partition coefficient (Wildman–Crippen LogP) is 7.99. The number of para-hydroxylation sites is 1. The highest BCUT2D eigenvalue weighted by molar-refractivity contribution is 9.10. The lowest BCUT2D eigenvalue weighted by molar-refractivity contribution is 0.295. The molecule has 1 heterocycles. The Morgan fingerprint density at radius 3 is 2.74 bits per heavy atom. The van der Waals surface area contributed by atoms with Gasteiger partial charge in [-0.1, -0.05) is 55.1 Å². The normalized spacial score (nSPS) is 20.2. The van der Waals surface area contributed by atoms with Gasteiger partial charge in [-0.15, -0.1) is 0 Å². The second kappa shape index (κ2) is 10.5. The highest BCUT2D eigenvalue weighted by Crippen LogP contribution is 2.49. The van der Waals surface area contributed by atoms with E-state index in [1.807, 2.05) is 25.3 Å². The van der Waals surface area contributed by atoms with Gasteiger partial charge in [0.15, 0.2) is 11.5 Å². The van der Waals surface area contributed by atoms with E-state index < -0.39 is 0 Å². The van der Waals surface area contributed by atoms with Crippen LogP contribution in [0.4, 0.5) is 11.4 Å². The highest BCUT2D eigenvalue weighted by Gasteiger charge is 2.37. The smallest absolute Gasteiger partial charge is 0.175 e. The van der Waals surface area contributed by atoms with Crippen LogP contribution in [0.5, 0.6) is 11.5 Å². The Bertz CT molecular complexity index is 1270. The molecule has 4 nitrogen and oxygen atoms in total. The van der Waals surface area contributed by atoms with Gasteiger partial charge in [-0.2, -0.15) is 0 Å². The van der Waals surface area contributed by atoms with Crippen LogP contribution in [0, 0.1) is 5.92 Å². The number of ether oxygens (including phenoxy) is 2. The maximum atomic E-state index is 5.79. The van der Waals surface area contributed by atoms with E-state index in [1.165, 1.54) is 16.8 Å². The molecule has 0 aromatic heterocycles. The summed E-state index contributed by atoms with van der Waals surface area (Å²) in [5.41, 5.74) is 5.78. The Morgan fingerprint density at radius 1 is 1.11 bits per heavy atom. The molecule has 3 aromatic rings. The van der Waals surface area contributed by atoms with E-state index in [1.54, 1.807) is 6.08 Å². The van der Waals surface area contributed by atoms with Crippen molar-refractivity contribution in [1.29, 1.82) is 0 Å². The molecule has 5 rings (SSSR count). The van der Waals surface area contributed by atoms with Crippen LogP contribution in [-0.2, 0) is 0 Å². The number of halogens is 1. The largest absolute Gasteiger partial charge is 0.490 e. The average molecular weight is 529 g/mol. The minimum absolute atomic E-state index is 0.288. The van der Waals surface area contributed by atoms with Gasteiger partial charge in [0.1, 0.15) is 6.61 Å². The van der Waals surface area contributed by atoms with Crippen LogP contribution < -0.4 is 14.8 Å². The maximum Gasteiger partial charge on any atom is 0.175 e. The van der Waals surface area contributed by atoms with Crippen LogP contribution in [0.1, 0.15) is 42.0 Å². The van der Waals surface area contributed by atoms with E-state index in [0.29, 0.717) is 36.5 Å². The van der Waals surface area contributed by atoms with Crippen molar-refractivity contribution < 1.29 is 9.47 Å². The zero-order chi connectivity index (χ0) is 24.2. The van der Waals surface area contributed by atoms with E-state index in [0.717, 1.165) is 22.1 Å². The van der Waals surface area contributed by atoms with Crippen LogP contribution in [0.15, 0.2) is 94.9 Å². The van der Waals surface area contributed by atoms with Gasteiger partial charge in [-0.25, -0.2) is 0 Å². The highest BCUT2D eigenvalue weighted by atomic mass is 79.9. The number of aliphatic imine (C=N–C) groups is 1. The van der Waals surface area contributed by atoms with Gasteiger partial charge < -0.3 is 14.8 Å². The van der Waals surface area contributed by atoms with Crippen molar-refractivity contribution in [1.82, 2.24) is 0 Å². The topological polar surface area (TPSA) is 42.8 Å². The van der Waals surface area contributed by atoms with E-state index in [2.05, 4.69) is 88.5 Å². The number of hydrogen-bond acceptors (Lipinski definition) is 4. The SMILES string of the molecule is C=CCOc1c(Br)cc(C=Nc2ccc([C@@H]3Nc4ccccc4[C@@H]4C=CC[C@@H]43)cc2)cc1OCC. The van der Waals surface area contributed by atoms with E-state index in [-0.39, 0.29) is 6.04 Å². The minimum atomic E-state index is 0.288. The van der Waals surface area contributed by atoms with Gasteiger partial charge in [0.05, 0.1) is 22.8 Å². The Morgan fingerprint density at radius 2 is 1.94 bits per heavy atom. The molecule has 2 aliphatic rings. The number of allylic oxidation sites excluding steroid dienone is 2. The molecule has 0 spiro atoms. The summed E-state index contributed by atoms with van der Waals surface area (Å²) in [6, 6.07) is 21.5. The molecule has 1 aliphatic heterocycles. The zero-order valence-electron chi connectivity index (χ0n) is 19.8. The summed E-state index contributed by atoms with van der Waals surface area (Å²) in [4.78, 5) is 4.71. The number of rotatable bonds is 8. The molecule has 1 N–H and O–H groups in total. The van der Waals surface area contributed by atoms with Crippen molar-refractivity contribution in [3.05, 3.63) is 107 Å². The molecule has 0 bridgehead atoms. The molecular formula is C30H29BrN2O2. The van der Waals surface area contributed by atoms with E-state index >= 15 is 0 Å². The molecule has 5 heteroatoms. The van der Waals surface area contributed by atoms with Crippen molar-refractivity contribution in [2.45, 2.75) is 25.3 Å². The van der Waals surface area contributed by atoms with E-state index in [4.69, 9.17) is 14.5 Å². The molecule has 3 aromatic carbocycles. The summed E-state index contributed by atoms with van der Waals surface area (Å²) < 4.78 is 12.4. The number of benzene rings is 3. The lowest BCUT2D eigenvalue weighted by atomic mass is 9.77. The maximum absolute atomic E-state index is 5.79. The third kappa shape index (κ3) is 4.92. The summed E-state index contributed by atoms with van der Waals surface area (Å²) >= 11 is 3.60. The van der Waals surface area contributed by atoms with Crippen molar-refractivity contribution in [3.63, 3.8) is 0 Å². The first-order valence-corrected chi connectivity index (χ1v) is 12.8. The standard InChI is InChI=1S/C30H29BrN2O2/c1-3-16-35-30-26(31)17-20(18-28(30)34-4-2)19-32-22-14-12-21(13-15-22)29-25-10-7-9-23(25)24-8-5-6-11-27(24)33-29/h3,5-9,11-15,17-19,23,25,29,33H,1,4,10,16H2,2H3/t23-,25-,29-/m0/s1. The van der Waals surface area contributed by atoms with Crippen LogP contribution in [-0.4, -0.2) is 19.4 Å². The van der Waals surface area contributed by atoms with Crippen molar-refractivity contribution >= 4 is 33.5 Å². The van der Waals surface area contributed by atoms with Crippen molar-refractivity contribution in [3.8, 4) is 11.5 Å². The molecular weight excluding hydrogens is 500 g/mol. The third-order valence-electron chi connectivity index (χ3n) is 6.56. The summed E-state index contributed by atoms with van der Waals surface area (Å²) in [5.74, 6) is 2.38. The Hall–Kier alpha value is -3.31. The number of hydrogen-bond donors (Lipinski definition) is 1. The molecule has 0 fully saturated rings. The first kappa shape index (κ1) is 23.4. The number of nitrogens with one attached hydrogen (secondary N) is 1. The molecule has 0 unspecified atom stereocenters. The molecule has 3 atom stereocenters. The first-order chi connectivity index (χ1) is 17.2. The molecule has 0 radical (unpaired) electrons. The Labute approximate surface area is 215 Å². The summed E-state index contributed by atoms with van der Waals surface area (Å²) in [6.07, 6.45) is 9.36.